The van der Waals surface area contributed by atoms with Gasteiger partial charge in [0.05, 0.1) is 19.8 Å². The van der Waals surface area contributed by atoms with Gasteiger partial charge in [0.25, 0.3) is 0 Å². The highest BCUT2D eigenvalue weighted by Gasteiger charge is 2.15. The first kappa shape index (κ1) is 17.9. The first-order valence-corrected chi connectivity index (χ1v) is 9.23. The maximum absolute atomic E-state index is 10.3. The van der Waals surface area contributed by atoms with Gasteiger partial charge in [0.1, 0.15) is 5.75 Å². The van der Waals surface area contributed by atoms with Crippen LogP contribution in [0.3, 0.4) is 0 Å². The lowest BCUT2D eigenvalue weighted by atomic mass is 10.1. The van der Waals surface area contributed by atoms with E-state index < -0.39 is 6.10 Å². The molecule has 0 bridgehead atoms. The van der Waals surface area contributed by atoms with Crippen molar-refractivity contribution in [3.05, 3.63) is 29.8 Å². The number of ether oxygens (including phenoxy) is 1. The number of aliphatic hydroxyl groups excluding tert-OH is 1. The lowest BCUT2D eigenvalue weighted by molar-refractivity contribution is 0.187. The summed E-state index contributed by atoms with van der Waals surface area (Å²) >= 11 is 2.02. The van der Waals surface area contributed by atoms with Crippen LogP contribution in [0.2, 0.25) is 0 Å². The van der Waals surface area contributed by atoms with Gasteiger partial charge < -0.3 is 20.5 Å². The van der Waals surface area contributed by atoms with Crippen LogP contribution in [0.5, 0.6) is 5.75 Å². The molecule has 0 aromatic heterocycles. The Bertz CT molecular complexity index is 487. The predicted octanol–water partition coefficient (Wildman–Crippen LogP) is 2.18. The number of hydrogen-bond donors (Lipinski definition) is 3. The van der Waals surface area contributed by atoms with Crippen LogP contribution in [-0.4, -0.2) is 48.8 Å². The third kappa shape index (κ3) is 5.95. The molecule has 128 valence electrons. The molecule has 1 aromatic rings. The molecule has 23 heavy (non-hydrogen) atoms. The van der Waals surface area contributed by atoms with Crippen LogP contribution in [0.4, 0.5) is 0 Å². The maximum atomic E-state index is 10.3. The van der Waals surface area contributed by atoms with Crippen LogP contribution in [0.1, 0.15) is 31.4 Å². The van der Waals surface area contributed by atoms with Crippen molar-refractivity contribution in [1.29, 1.82) is 0 Å². The third-order valence-electron chi connectivity index (χ3n) is 3.79. The van der Waals surface area contributed by atoms with E-state index in [1.54, 1.807) is 7.11 Å². The minimum absolute atomic E-state index is 0.333. The van der Waals surface area contributed by atoms with E-state index in [0.717, 1.165) is 30.4 Å². The van der Waals surface area contributed by atoms with Gasteiger partial charge in [0, 0.05) is 18.3 Å². The number of thioether (sulfide) groups is 1. The van der Waals surface area contributed by atoms with Gasteiger partial charge in [-0.25, -0.2) is 0 Å². The topological polar surface area (TPSA) is 65.9 Å². The minimum atomic E-state index is -0.614. The number of nitrogens with one attached hydrogen (secondary N) is 2. The average molecular weight is 337 g/mol. The molecule has 0 aliphatic carbocycles. The lowest BCUT2D eigenvalue weighted by Crippen LogP contribution is -2.40. The van der Waals surface area contributed by atoms with E-state index >= 15 is 0 Å². The predicted molar refractivity (Wildman–Crippen MR) is 97.4 cm³/mol. The number of hydrogen-bond acceptors (Lipinski definition) is 4. The lowest BCUT2D eigenvalue weighted by Gasteiger charge is -2.15. The quantitative estimate of drug-likeness (QED) is 0.526. The fourth-order valence-corrected chi connectivity index (χ4v) is 3.67. The van der Waals surface area contributed by atoms with Crippen molar-refractivity contribution in [3.63, 3.8) is 0 Å². The Labute approximate surface area is 142 Å². The molecule has 3 N–H and O–H groups in total. The molecule has 0 radical (unpaired) electrons. The summed E-state index contributed by atoms with van der Waals surface area (Å²) in [6.07, 6.45) is 1.96. The average Bonchev–Trinajstić information content (AvgIpc) is 3.10. The van der Waals surface area contributed by atoms with E-state index in [0.29, 0.717) is 11.8 Å². The Kier molecular flexibility index (Phi) is 7.55. The molecule has 1 aliphatic heterocycles. The normalized spacial score (nSPS) is 19.4. The molecule has 1 saturated heterocycles. The Morgan fingerprint density at radius 1 is 1.39 bits per heavy atom. The second-order valence-electron chi connectivity index (χ2n) is 5.52. The number of methoxy groups -OCH3 is 1. The third-order valence-corrected chi connectivity index (χ3v) is 5.19. The van der Waals surface area contributed by atoms with Crippen molar-refractivity contribution in [2.45, 2.75) is 31.1 Å². The standard InChI is InChI=1S/C17H27N3O2S/c1-3-18-17(19-11-15-5-4-10-23-15)20-12-16(21)13-6-8-14(22-2)9-7-13/h6-9,15-16,21H,3-5,10-12H2,1-2H3,(H2,18,19,20). The highest BCUT2D eigenvalue weighted by molar-refractivity contribution is 8.00. The van der Waals surface area contributed by atoms with Crippen LogP contribution in [-0.2, 0) is 0 Å². The molecule has 1 aromatic carbocycles. The van der Waals surface area contributed by atoms with E-state index in [9.17, 15) is 5.11 Å². The van der Waals surface area contributed by atoms with Crippen molar-refractivity contribution >= 4 is 17.7 Å². The second kappa shape index (κ2) is 9.67. The van der Waals surface area contributed by atoms with Crippen molar-refractivity contribution in [2.24, 2.45) is 4.99 Å². The fraction of sp³-hybridized carbons (Fsp3) is 0.588. The number of rotatable bonds is 7. The molecule has 6 heteroatoms. The summed E-state index contributed by atoms with van der Waals surface area (Å²) in [7, 11) is 1.63. The van der Waals surface area contributed by atoms with Gasteiger partial charge >= 0.3 is 0 Å². The molecule has 0 spiro atoms. The number of aliphatic hydroxyl groups is 1. The van der Waals surface area contributed by atoms with Gasteiger partial charge in [-0.1, -0.05) is 12.1 Å². The largest absolute Gasteiger partial charge is 0.497 e. The number of benzene rings is 1. The van der Waals surface area contributed by atoms with Crippen molar-refractivity contribution in [2.75, 3.05) is 32.5 Å². The zero-order valence-corrected chi connectivity index (χ0v) is 14.7. The summed E-state index contributed by atoms with van der Waals surface area (Å²) in [4.78, 5) is 4.50. The summed E-state index contributed by atoms with van der Waals surface area (Å²) in [6.45, 7) is 4.11. The van der Waals surface area contributed by atoms with E-state index in [1.807, 2.05) is 43.0 Å². The van der Waals surface area contributed by atoms with Crippen LogP contribution in [0.15, 0.2) is 29.3 Å². The van der Waals surface area contributed by atoms with Crippen LogP contribution >= 0.6 is 11.8 Å². The summed E-state index contributed by atoms with van der Waals surface area (Å²) in [5.41, 5.74) is 0.844. The van der Waals surface area contributed by atoms with E-state index in [1.165, 1.54) is 18.6 Å². The smallest absolute Gasteiger partial charge is 0.191 e. The molecule has 2 atom stereocenters. The first-order valence-electron chi connectivity index (χ1n) is 8.18. The van der Waals surface area contributed by atoms with Crippen LogP contribution in [0.25, 0.3) is 0 Å². The van der Waals surface area contributed by atoms with Gasteiger partial charge in [0.2, 0.25) is 0 Å². The van der Waals surface area contributed by atoms with Crippen molar-refractivity contribution < 1.29 is 9.84 Å². The van der Waals surface area contributed by atoms with Crippen molar-refractivity contribution in [3.8, 4) is 5.75 Å². The molecule has 2 rings (SSSR count). The summed E-state index contributed by atoms with van der Waals surface area (Å²) in [5, 5.41) is 17.5. The van der Waals surface area contributed by atoms with Gasteiger partial charge in [0.15, 0.2) is 5.96 Å². The molecule has 0 saturated carbocycles. The number of guanidine groups is 1. The SMILES string of the molecule is CCNC(=NCC(O)c1ccc(OC)cc1)NCC1CCCS1. The molecular formula is C17H27N3O2S. The van der Waals surface area contributed by atoms with E-state index in [-0.39, 0.29) is 0 Å². The van der Waals surface area contributed by atoms with E-state index in [2.05, 4.69) is 15.6 Å². The van der Waals surface area contributed by atoms with Gasteiger partial charge in [-0.05, 0) is 43.2 Å². The fourth-order valence-electron chi connectivity index (χ4n) is 2.47. The monoisotopic (exact) mass is 337 g/mol. The number of nitrogens with zero attached hydrogens (tertiary/aromatic N) is 1. The number of aliphatic imine (C=N–C) groups is 1. The molecule has 1 aliphatic rings. The van der Waals surface area contributed by atoms with Crippen LogP contribution < -0.4 is 15.4 Å². The zero-order chi connectivity index (χ0) is 16.5. The van der Waals surface area contributed by atoms with Gasteiger partial charge in [-0.15, -0.1) is 0 Å². The zero-order valence-electron chi connectivity index (χ0n) is 13.9. The summed E-state index contributed by atoms with van der Waals surface area (Å²) in [6, 6.07) is 7.44. The summed E-state index contributed by atoms with van der Waals surface area (Å²) in [5.74, 6) is 2.82. The van der Waals surface area contributed by atoms with Gasteiger partial charge in [-0.2, -0.15) is 11.8 Å². The molecular weight excluding hydrogens is 310 g/mol. The Morgan fingerprint density at radius 2 is 2.17 bits per heavy atom. The van der Waals surface area contributed by atoms with Crippen LogP contribution in [0, 0.1) is 0 Å². The molecule has 5 nitrogen and oxygen atoms in total. The second-order valence-corrected chi connectivity index (χ2v) is 6.93. The molecule has 0 amide bonds. The highest BCUT2D eigenvalue weighted by Crippen LogP contribution is 2.25. The maximum Gasteiger partial charge on any atom is 0.191 e. The van der Waals surface area contributed by atoms with Gasteiger partial charge in [-0.3, -0.25) is 4.99 Å². The molecule has 1 heterocycles. The Balaban J connectivity index is 1.86. The Morgan fingerprint density at radius 3 is 2.78 bits per heavy atom. The molecule has 2 unspecified atom stereocenters. The van der Waals surface area contributed by atoms with Crippen molar-refractivity contribution in [1.82, 2.24) is 10.6 Å². The molecule has 1 fully saturated rings. The van der Waals surface area contributed by atoms with E-state index in [4.69, 9.17) is 4.74 Å². The summed E-state index contributed by atoms with van der Waals surface area (Å²) < 4.78 is 5.13. The minimum Gasteiger partial charge on any atom is -0.497 e. The first-order chi connectivity index (χ1) is 11.2. The highest BCUT2D eigenvalue weighted by atomic mass is 32.2. The Hall–Kier alpha value is -1.40.